The molecule has 3 nitrogen and oxygen atoms in total. The summed E-state index contributed by atoms with van der Waals surface area (Å²) in [5.41, 5.74) is -0.116. The molecule has 1 aromatic rings. The van der Waals surface area contributed by atoms with Crippen LogP contribution in [0, 0.1) is 5.41 Å². The minimum absolute atomic E-state index is 0.0923. The van der Waals surface area contributed by atoms with E-state index in [9.17, 15) is 9.90 Å². The summed E-state index contributed by atoms with van der Waals surface area (Å²) in [6.07, 6.45) is 5.50. The number of carbonyl (C=O) groups is 1. The number of hydrogen-bond acceptors (Lipinski definition) is 3. The summed E-state index contributed by atoms with van der Waals surface area (Å²) in [6, 6.07) is 3.46. The van der Waals surface area contributed by atoms with Crippen molar-refractivity contribution >= 4 is 28.8 Å². The molecule has 100 valence electrons. The van der Waals surface area contributed by atoms with Crippen molar-refractivity contribution in [2.75, 3.05) is 13.2 Å². The van der Waals surface area contributed by atoms with Crippen molar-refractivity contribution in [3.05, 3.63) is 21.3 Å². The number of carbonyl (C=O) groups excluding carboxylic acids is 1. The normalized spacial score (nSPS) is 18.6. The molecule has 2 rings (SSSR count). The number of aliphatic hydroxyl groups is 1. The maximum atomic E-state index is 11.9. The van der Waals surface area contributed by atoms with Crippen LogP contribution in [0.2, 0.25) is 4.34 Å². The fourth-order valence-electron chi connectivity index (χ4n) is 2.48. The van der Waals surface area contributed by atoms with Gasteiger partial charge in [0.2, 0.25) is 0 Å². The van der Waals surface area contributed by atoms with Gasteiger partial charge in [0.25, 0.3) is 5.91 Å². The molecule has 1 amide bonds. The highest BCUT2D eigenvalue weighted by Crippen LogP contribution is 2.35. The van der Waals surface area contributed by atoms with Gasteiger partial charge in [0.1, 0.15) is 0 Å². The highest BCUT2D eigenvalue weighted by atomic mass is 35.5. The van der Waals surface area contributed by atoms with Crippen LogP contribution < -0.4 is 5.32 Å². The molecule has 0 atom stereocenters. The van der Waals surface area contributed by atoms with Crippen LogP contribution in [0.25, 0.3) is 0 Å². The van der Waals surface area contributed by atoms with Crippen LogP contribution in [-0.4, -0.2) is 24.2 Å². The van der Waals surface area contributed by atoms with E-state index >= 15 is 0 Å². The van der Waals surface area contributed by atoms with Crippen molar-refractivity contribution in [1.29, 1.82) is 0 Å². The largest absolute Gasteiger partial charge is 0.396 e. The summed E-state index contributed by atoms with van der Waals surface area (Å²) in [4.78, 5) is 12.5. The highest BCUT2D eigenvalue weighted by molar-refractivity contribution is 7.17. The molecular weight excluding hydrogens is 270 g/mol. The predicted octanol–water partition coefficient (Wildman–Crippen LogP) is 3.07. The van der Waals surface area contributed by atoms with E-state index in [4.69, 9.17) is 11.6 Å². The molecule has 0 aliphatic heterocycles. The van der Waals surface area contributed by atoms with Crippen LogP contribution in [0.1, 0.15) is 41.8 Å². The van der Waals surface area contributed by atoms with Crippen molar-refractivity contribution in [3.63, 3.8) is 0 Å². The lowest BCUT2D eigenvalue weighted by atomic mass is 9.74. The maximum Gasteiger partial charge on any atom is 0.261 e. The molecule has 1 fully saturated rings. The molecule has 1 aromatic heterocycles. The number of nitrogens with one attached hydrogen (secondary N) is 1. The third-order valence-corrected chi connectivity index (χ3v) is 4.90. The third-order valence-electron chi connectivity index (χ3n) is 3.67. The van der Waals surface area contributed by atoms with E-state index in [-0.39, 0.29) is 17.9 Å². The van der Waals surface area contributed by atoms with Crippen LogP contribution in [0.3, 0.4) is 0 Å². The second kappa shape index (κ2) is 6.04. The van der Waals surface area contributed by atoms with Gasteiger partial charge < -0.3 is 10.4 Å². The van der Waals surface area contributed by atoms with Crippen LogP contribution in [0.4, 0.5) is 0 Å². The van der Waals surface area contributed by atoms with E-state index in [1.807, 2.05) is 0 Å². The van der Waals surface area contributed by atoms with Gasteiger partial charge in [-0.2, -0.15) is 0 Å². The molecule has 0 bridgehead atoms. The summed E-state index contributed by atoms with van der Waals surface area (Å²) in [5.74, 6) is -0.0923. The fraction of sp³-hybridized carbons (Fsp3) is 0.615. The summed E-state index contributed by atoms with van der Waals surface area (Å²) in [6.45, 7) is 0.705. The molecule has 1 heterocycles. The second-order valence-electron chi connectivity index (χ2n) is 5.01. The summed E-state index contributed by atoms with van der Waals surface area (Å²) in [5, 5.41) is 12.5. The van der Waals surface area contributed by atoms with E-state index < -0.39 is 0 Å². The van der Waals surface area contributed by atoms with Crippen molar-refractivity contribution < 1.29 is 9.90 Å². The van der Waals surface area contributed by atoms with E-state index in [1.165, 1.54) is 17.8 Å². The minimum Gasteiger partial charge on any atom is -0.396 e. The molecule has 1 saturated carbocycles. The molecule has 0 radical (unpaired) electrons. The molecule has 5 heteroatoms. The SMILES string of the molecule is O=C(NCC1(CO)CCCCC1)c1ccc(Cl)s1. The Bertz CT molecular complexity index is 413. The van der Waals surface area contributed by atoms with Gasteiger partial charge in [0.15, 0.2) is 0 Å². The zero-order valence-electron chi connectivity index (χ0n) is 10.2. The Labute approximate surface area is 116 Å². The topological polar surface area (TPSA) is 49.3 Å². The van der Waals surface area contributed by atoms with Gasteiger partial charge in [0.05, 0.1) is 15.8 Å². The smallest absolute Gasteiger partial charge is 0.261 e. The molecule has 0 spiro atoms. The van der Waals surface area contributed by atoms with E-state index in [0.717, 1.165) is 25.7 Å². The summed E-state index contributed by atoms with van der Waals surface area (Å²) in [7, 11) is 0. The Morgan fingerprint density at radius 3 is 2.67 bits per heavy atom. The zero-order chi connectivity index (χ0) is 13.0. The molecule has 0 aromatic carbocycles. The number of amides is 1. The molecule has 0 saturated heterocycles. The Kier molecular flexibility index (Phi) is 4.65. The highest BCUT2D eigenvalue weighted by Gasteiger charge is 2.31. The van der Waals surface area contributed by atoms with Crippen molar-refractivity contribution in [1.82, 2.24) is 5.32 Å². The maximum absolute atomic E-state index is 11.9. The van der Waals surface area contributed by atoms with Crippen LogP contribution in [-0.2, 0) is 0 Å². The quantitative estimate of drug-likeness (QED) is 0.894. The first-order chi connectivity index (χ1) is 8.65. The fourth-order valence-corrected chi connectivity index (χ4v) is 3.44. The van der Waals surface area contributed by atoms with Gasteiger partial charge in [0, 0.05) is 12.0 Å². The number of rotatable bonds is 4. The lowest BCUT2D eigenvalue weighted by molar-refractivity contribution is 0.0720. The minimum atomic E-state index is -0.116. The summed E-state index contributed by atoms with van der Waals surface area (Å²) < 4.78 is 0.620. The van der Waals surface area contributed by atoms with Gasteiger partial charge in [-0.05, 0) is 25.0 Å². The Balaban J connectivity index is 1.91. The third kappa shape index (κ3) is 3.25. The first-order valence-electron chi connectivity index (χ1n) is 6.30. The Morgan fingerprint density at radius 1 is 1.39 bits per heavy atom. The van der Waals surface area contributed by atoms with E-state index in [1.54, 1.807) is 12.1 Å². The number of aliphatic hydroxyl groups excluding tert-OH is 1. The second-order valence-corrected chi connectivity index (χ2v) is 6.72. The van der Waals surface area contributed by atoms with Crippen molar-refractivity contribution in [2.45, 2.75) is 32.1 Å². The molecule has 2 N–H and O–H groups in total. The average molecular weight is 288 g/mol. The monoisotopic (exact) mass is 287 g/mol. The van der Waals surface area contributed by atoms with Gasteiger partial charge in [-0.15, -0.1) is 11.3 Å². The van der Waals surface area contributed by atoms with Crippen molar-refractivity contribution in [3.8, 4) is 0 Å². The van der Waals surface area contributed by atoms with E-state index in [0.29, 0.717) is 15.8 Å². The number of thiophene rings is 1. The predicted molar refractivity (Wildman–Crippen MR) is 74.3 cm³/mol. The lowest BCUT2D eigenvalue weighted by Crippen LogP contribution is -2.41. The van der Waals surface area contributed by atoms with Gasteiger partial charge in [-0.1, -0.05) is 30.9 Å². The average Bonchev–Trinajstić information content (AvgIpc) is 2.84. The summed E-state index contributed by atoms with van der Waals surface area (Å²) >= 11 is 7.09. The van der Waals surface area contributed by atoms with E-state index in [2.05, 4.69) is 5.32 Å². The lowest BCUT2D eigenvalue weighted by Gasteiger charge is -2.35. The first-order valence-corrected chi connectivity index (χ1v) is 7.49. The number of hydrogen-bond donors (Lipinski definition) is 2. The van der Waals surface area contributed by atoms with Crippen LogP contribution in [0.15, 0.2) is 12.1 Å². The van der Waals surface area contributed by atoms with Crippen LogP contribution >= 0.6 is 22.9 Å². The number of halogens is 1. The van der Waals surface area contributed by atoms with Crippen molar-refractivity contribution in [2.24, 2.45) is 5.41 Å². The molecular formula is C13H18ClNO2S. The zero-order valence-corrected chi connectivity index (χ0v) is 11.8. The molecule has 1 aliphatic rings. The standard InChI is InChI=1S/C13H18ClNO2S/c14-11-5-4-10(18-11)12(17)15-8-13(9-16)6-2-1-3-7-13/h4-5,16H,1-3,6-9H2,(H,15,17). The Morgan fingerprint density at radius 2 is 2.11 bits per heavy atom. The molecule has 1 aliphatic carbocycles. The van der Waals surface area contributed by atoms with Gasteiger partial charge in [-0.25, -0.2) is 0 Å². The molecule has 0 unspecified atom stereocenters. The first kappa shape index (κ1) is 13.8. The Hall–Kier alpha value is -0.580. The van der Waals surface area contributed by atoms with Gasteiger partial charge >= 0.3 is 0 Å². The van der Waals surface area contributed by atoms with Crippen LogP contribution in [0.5, 0.6) is 0 Å². The van der Waals surface area contributed by atoms with Gasteiger partial charge in [-0.3, -0.25) is 4.79 Å². The molecule has 18 heavy (non-hydrogen) atoms.